The number of piperidine rings is 1. The molecule has 0 aliphatic carbocycles. The normalized spacial score (nSPS) is 17.9. The van der Waals surface area contributed by atoms with Crippen LogP contribution < -0.4 is 11.2 Å². The Bertz CT molecular complexity index is 1180. The van der Waals surface area contributed by atoms with Crippen molar-refractivity contribution in [2.24, 2.45) is 14.1 Å². The maximum Gasteiger partial charge on any atom is 0.332 e. The highest BCUT2D eigenvalue weighted by Gasteiger charge is 2.24. The molecule has 0 saturated carbocycles. The van der Waals surface area contributed by atoms with E-state index in [0.29, 0.717) is 35.3 Å². The van der Waals surface area contributed by atoms with Gasteiger partial charge in [0.15, 0.2) is 11.2 Å². The van der Waals surface area contributed by atoms with Crippen LogP contribution in [0, 0.1) is 0 Å². The third-order valence-corrected chi connectivity index (χ3v) is 6.18. The van der Waals surface area contributed by atoms with Crippen LogP contribution in [0.4, 0.5) is 0 Å². The number of halogens is 1. The molecule has 1 aromatic carbocycles. The van der Waals surface area contributed by atoms with Crippen molar-refractivity contribution in [2.45, 2.75) is 45.3 Å². The van der Waals surface area contributed by atoms with Crippen molar-refractivity contribution in [3.05, 3.63) is 61.5 Å². The number of likely N-dealkylation sites (tertiary alicyclic amines) is 1. The Morgan fingerprint density at radius 3 is 2.66 bits per heavy atom. The van der Waals surface area contributed by atoms with Crippen molar-refractivity contribution >= 4 is 22.8 Å². The molecule has 1 atom stereocenters. The molecule has 8 heteroatoms. The van der Waals surface area contributed by atoms with Crippen LogP contribution in [-0.4, -0.2) is 36.2 Å². The first-order valence-electron chi connectivity index (χ1n) is 10.0. The van der Waals surface area contributed by atoms with E-state index in [1.165, 1.54) is 24.5 Å². The number of hydrogen-bond acceptors (Lipinski definition) is 4. The zero-order valence-electron chi connectivity index (χ0n) is 17.1. The van der Waals surface area contributed by atoms with Gasteiger partial charge < -0.3 is 4.57 Å². The van der Waals surface area contributed by atoms with Gasteiger partial charge in [0.25, 0.3) is 5.56 Å². The second-order valence-corrected chi connectivity index (χ2v) is 8.37. The molecule has 0 unspecified atom stereocenters. The molecule has 1 fully saturated rings. The van der Waals surface area contributed by atoms with Gasteiger partial charge in [-0.2, -0.15) is 0 Å². The van der Waals surface area contributed by atoms with Crippen LogP contribution in [0.1, 0.15) is 37.6 Å². The molecule has 7 nitrogen and oxygen atoms in total. The number of aromatic nitrogens is 4. The Kier molecular flexibility index (Phi) is 5.36. The van der Waals surface area contributed by atoms with Crippen LogP contribution in [0.5, 0.6) is 0 Å². The average molecular weight is 416 g/mol. The number of fused-ring (bicyclic) bond motifs is 1. The summed E-state index contributed by atoms with van der Waals surface area (Å²) in [6.45, 7) is 4.37. The summed E-state index contributed by atoms with van der Waals surface area (Å²) in [5.41, 5.74) is 1.18. The summed E-state index contributed by atoms with van der Waals surface area (Å²) in [7, 11) is 3.17. The highest BCUT2D eigenvalue weighted by molar-refractivity contribution is 6.30. The van der Waals surface area contributed by atoms with Crippen molar-refractivity contribution in [3.63, 3.8) is 0 Å². The zero-order chi connectivity index (χ0) is 20.7. The molecular weight excluding hydrogens is 390 g/mol. The third-order valence-electron chi connectivity index (χ3n) is 5.94. The lowest BCUT2D eigenvalue weighted by Gasteiger charge is -2.33. The van der Waals surface area contributed by atoms with Gasteiger partial charge in [-0.3, -0.25) is 18.8 Å². The molecule has 0 N–H and O–H groups in total. The van der Waals surface area contributed by atoms with Gasteiger partial charge in [0.05, 0.1) is 6.54 Å². The molecule has 4 rings (SSSR count). The van der Waals surface area contributed by atoms with Crippen LogP contribution in [0.2, 0.25) is 5.02 Å². The highest BCUT2D eigenvalue weighted by Crippen LogP contribution is 2.22. The number of rotatable bonds is 4. The summed E-state index contributed by atoms with van der Waals surface area (Å²) >= 11 is 6.18. The van der Waals surface area contributed by atoms with Crippen molar-refractivity contribution < 1.29 is 0 Å². The summed E-state index contributed by atoms with van der Waals surface area (Å²) in [6.07, 6.45) is 3.57. The standard InChI is InChI=1S/C21H26ClN5O2/c1-14-7-4-5-10-26(14)13-17-23-19-18(20(28)25(3)21(29)24(19)2)27(17)12-15-8-6-9-16(22)11-15/h6,8-9,11,14H,4-5,7,10,12-13H2,1-3H3/t14-/m0/s1. The first kappa shape index (κ1) is 19.9. The van der Waals surface area contributed by atoms with Crippen LogP contribution >= 0.6 is 11.6 Å². The molecule has 2 aromatic heterocycles. The molecule has 0 amide bonds. The van der Waals surface area contributed by atoms with E-state index >= 15 is 0 Å². The topological polar surface area (TPSA) is 65.1 Å². The summed E-state index contributed by atoms with van der Waals surface area (Å²) in [4.78, 5) is 32.6. The number of benzene rings is 1. The van der Waals surface area contributed by atoms with E-state index in [1.807, 2.05) is 28.8 Å². The van der Waals surface area contributed by atoms with E-state index in [4.69, 9.17) is 16.6 Å². The summed E-state index contributed by atoms with van der Waals surface area (Å²) in [5, 5.41) is 0.651. The van der Waals surface area contributed by atoms with E-state index in [0.717, 1.165) is 28.9 Å². The molecule has 3 heterocycles. The lowest BCUT2D eigenvalue weighted by Crippen LogP contribution is -2.38. The Balaban J connectivity index is 1.89. The molecule has 1 saturated heterocycles. The second kappa shape index (κ2) is 7.80. The minimum Gasteiger partial charge on any atom is -0.317 e. The van der Waals surface area contributed by atoms with Crippen LogP contribution in [0.3, 0.4) is 0 Å². The molecule has 0 bridgehead atoms. The highest BCUT2D eigenvalue weighted by atomic mass is 35.5. The summed E-state index contributed by atoms with van der Waals surface area (Å²) in [5.74, 6) is 0.798. The number of hydrogen-bond donors (Lipinski definition) is 0. The average Bonchev–Trinajstić information content (AvgIpc) is 3.05. The second-order valence-electron chi connectivity index (χ2n) is 7.94. The quantitative estimate of drug-likeness (QED) is 0.656. The van der Waals surface area contributed by atoms with Crippen LogP contribution in [0.25, 0.3) is 11.2 Å². The van der Waals surface area contributed by atoms with Crippen molar-refractivity contribution in [1.29, 1.82) is 0 Å². The monoisotopic (exact) mass is 415 g/mol. The van der Waals surface area contributed by atoms with Crippen molar-refractivity contribution in [3.8, 4) is 0 Å². The molecule has 1 aliphatic rings. The first-order valence-corrected chi connectivity index (χ1v) is 10.4. The number of nitrogens with zero attached hydrogens (tertiary/aromatic N) is 5. The summed E-state index contributed by atoms with van der Waals surface area (Å²) in [6, 6.07) is 8.08. The van der Waals surface area contributed by atoms with Crippen LogP contribution in [-0.2, 0) is 27.2 Å². The smallest absolute Gasteiger partial charge is 0.317 e. The van der Waals surface area contributed by atoms with E-state index in [9.17, 15) is 9.59 Å². The maximum absolute atomic E-state index is 13.0. The Morgan fingerprint density at radius 1 is 1.14 bits per heavy atom. The van der Waals surface area contributed by atoms with E-state index in [1.54, 1.807) is 7.05 Å². The van der Waals surface area contributed by atoms with Gasteiger partial charge in [0, 0.05) is 31.7 Å². The van der Waals surface area contributed by atoms with Gasteiger partial charge in [0.2, 0.25) is 0 Å². The Hall–Kier alpha value is -2.38. The summed E-state index contributed by atoms with van der Waals surface area (Å²) < 4.78 is 4.55. The van der Waals surface area contributed by atoms with Crippen molar-refractivity contribution in [2.75, 3.05) is 6.54 Å². The SMILES string of the molecule is C[C@H]1CCCCN1Cc1nc2c(c(=O)n(C)c(=O)n2C)n1Cc1cccc(Cl)c1. The van der Waals surface area contributed by atoms with Gasteiger partial charge in [0.1, 0.15) is 5.82 Å². The van der Waals surface area contributed by atoms with Crippen molar-refractivity contribution in [1.82, 2.24) is 23.6 Å². The molecule has 0 spiro atoms. The fraction of sp³-hybridized carbons (Fsp3) is 0.476. The molecule has 0 radical (unpaired) electrons. The lowest BCUT2D eigenvalue weighted by molar-refractivity contribution is 0.147. The Morgan fingerprint density at radius 2 is 1.93 bits per heavy atom. The molecular formula is C21H26ClN5O2. The molecule has 1 aliphatic heterocycles. The third kappa shape index (κ3) is 3.65. The van der Waals surface area contributed by atoms with Gasteiger partial charge in [-0.15, -0.1) is 0 Å². The van der Waals surface area contributed by atoms with Gasteiger partial charge in [-0.25, -0.2) is 9.78 Å². The Labute approximate surface area is 174 Å². The van der Waals surface area contributed by atoms with Gasteiger partial charge in [-0.05, 0) is 44.0 Å². The number of imidazole rings is 1. The van der Waals surface area contributed by atoms with E-state index in [-0.39, 0.29) is 11.2 Å². The molecule has 154 valence electrons. The minimum absolute atomic E-state index is 0.324. The molecule has 29 heavy (non-hydrogen) atoms. The first-order chi connectivity index (χ1) is 13.9. The van der Waals surface area contributed by atoms with E-state index < -0.39 is 0 Å². The zero-order valence-corrected chi connectivity index (χ0v) is 17.8. The maximum atomic E-state index is 13.0. The van der Waals surface area contributed by atoms with Gasteiger partial charge >= 0.3 is 5.69 Å². The van der Waals surface area contributed by atoms with Crippen LogP contribution in [0.15, 0.2) is 33.9 Å². The molecule has 3 aromatic rings. The van der Waals surface area contributed by atoms with E-state index in [2.05, 4.69) is 11.8 Å². The lowest BCUT2D eigenvalue weighted by atomic mass is 10.0. The fourth-order valence-electron chi connectivity index (χ4n) is 4.17. The predicted octanol–water partition coefficient (Wildman–Crippen LogP) is 2.51. The van der Waals surface area contributed by atoms with Gasteiger partial charge in [-0.1, -0.05) is 30.2 Å². The predicted molar refractivity (Wildman–Crippen MR) is 114 cm³/mol. The minimum atomic E-state index is -0.368. The largest absolute Gasteiger partial charge is 0.332 e. The fourth-order valence-corrected chi connectivity index (χ4v) is 4.39. The number of aryl methyl sites for hydroxylation is 1.